The summed E-state index contributed by atoms with van der Waals surface area (Å²) >= 11 is 0. The molecule has 3 aromatic carbocycles. The third kappa shape index (κ3) is 6.33. The van der Waals surface area contributed by atoms with Crippen LogP contribution in [0.3, 0.4) is 0 Å². The molecule has 0 aromatic heterocycles. The van der Waals surface area contributed by atoms with Gasteiger partial charge in [0, 0.05) is 30.1 Å². The van der Waals surface area contributed by atoms with Crippen molar-refractivity contribution in [2.24, 2.45) is 5.41 Å². The fraction of sp³-hybridized carbons (Fsp3) is 0.333. The molecule has 2 unspecified atom stereocenters. The lowest BCUT2D eigenvalue weighted by Crippen LogP contribution is -2.52. The number of nitrogens with zero attached hydrogens (tertiary/aromatic N) is 1. The van der Waals surface area contributed by atoms with Crippen molar-refractivity contribution in [2.75, 3.05) is 19.7 Å². The molecule has 0 saturated carbocycles. The number of rotatable bonds is 8. The van der Waals surface area contributed by atoms with E-state index in [1.165, 1.54) is 0 Å². The Balaban J connectivity index is 1.56. The molecule has 0 bridgehead atoms. The van der Waals surface area contributed by atoms with Crippen molar-refractivity contribution in [1.29, 1.82) is 0 Å². The lowest BCUT2D eigenvalue weighted by atomic mass is 9.82. The van der Waals surface area contributed by atoms with Gasteiger partial charge in [0.1, 0.15) is 12.4 Å². The molecule has 1 aliphatic rings. The molecule has 200 valence electrons. The molecule has 38 heavy (non-hydrogen) atoms. The fourth-order valence-electron chi connectivity index (χ4n) is 5.22. The maximum atomic E-state index is 11.9. The summed E-state index contributed by atoms with van der Waals surface area (Å²) in [6.07, 6.45) is 1.85. The van der Waals surface area contributed by atoms with Crippen molar-refractivity contribution in [1.82, 2.24) is 15.7 Å². The number of hydrogen-bond donors (Lipinski definition) is 4. The third-order valence-corrected chi connectivity index (χ3v) is 6.93. The first kappa shape index (κ1) is 27.2. The maximum absolute atomic E-state index is 11.9. The highest BCUT2D eigenvalue weighted by atomic mass is 16.5. The quantitative estimate of drug-likeness (QED) is 0.242. The highest BCUT2D eigenvalue weighted by molar-refractivity contribution is 5.93. The van der Waals surface area contributed by atoms with E-state index in [4.69, 9.17) is 9.94 Å². The number of ether oxygens (including phenoxy) is 1. The molecular weight excluding hydrogens is 482 g/mol. The summed E-state index contributed by atoms with van der Waals surface area (Å²) in [5.41, 5.74) is 3.62. The SMILES string of the molecule is CC(C)(C)C1C(NCC(=Cc2ccc(C(=O)NO)cc2)COc2cccc3ccccc23)CCN1C(=O)O. The van der Waals surface area contributed by atoms with E-state index in [2.05, 4.69) is 26.1 Å². The summed E-state index contributed by atoms with van der Waals surface area (Å²) in [7, 11) is 0. The van der Waals surface area contributed by atoms with Crippen LogP contribution in [0.15, 0.2) is 72.3 Å². The monoisotopic (exact) mass is 517 g/mol. The molecule has 0 radical (unpaired) electrons. The Labute approximate surface area is 222 Å². The van der Waals surface area contributed by atoms with Crippen LogP contribution >= 0.6 is 0 Å². The number of fused-ring (bicyclic) bond motifs is 1. The molecule has 1 aliphatic heterocycles. The number of carbonyl (C=O) groups excluding carboxylic acids is 1. The van der Waals surface area contributed by atoms with Crippen molar-refractivity contribution in [2.45, 2.75) is 39.3 Å². The molecule has 1 fully saturated rings. The minimum absolute atomic E-state index is 0.00248. The fourth-order valence-corrected chi connectivity index (χ4v) is 5.22. The van der Waals surface area contributed by atoms with Gasteiger partial charge >= 0.3 is 6.09 Å². The Morgan fingerprint density at radius 1 is 1.05 bits per heavy atom. The van der Waals surface area contributed by atoms with E-state index in [0.29, 0.717) is 25.3 Å². The van der Waals surface area contributed by atoms with E-state index in [9.17, 15) is 14.7 Å². The van der Waals surface area contributed by atoms with Crippen LogP contribution in [0, 0.1) is 5.41 Å². The molecule has 0 aliphatic carbocycles. The smallest absolute Gasteiger partial charge is 0.407 e. The first-order valence-corrected chi connectivity index (χ1v) is 12.7. The highest BCUT2D eigenvalue weighted by Gasteiger charge is 2.43. The van der Waals surface area contributed by atoms with Gasteiger partial charge in [0.05, 0.1) is 6.04 Å². The summed E-state index contributed by atoms with van der Waals surface area (Å²) in [5, 5.41) is 24.4. The number of carbonyl (C=O) groups is 2. The van der Waals surface area contributed by atoms with Crippen LogP contribution in [0.5, 0.6) is 5.75 Å². The second-order valence-electron chi connectivity index (χ2n) is 10.7. The number of nitrogens with one attached hydrogen (secondary N) is 2. The minimum Gasteiger partial charge on any atom is -0.489 e. The summed E-state index contributed by atoms with van der Waals surface area (Å²) in [6, 6.07) is 20.8. The van der Waals surface area contributed by atoms with Crippen LogP contribution in [0.4, 0.5) is 4.79 Å². The maximum Gasteiger partial charge on any atom is 0.407 e. The van der Waals surface area contributed by atoms with Crippen molar-refractivity contribution in [3.63, 3.8) is 0 Å². The second-order valence-corrected chi connectivity index (χ2v) is 10.7. The topological polar surface area (TPSA) is 111 Å². The molecular formula is C30H35N3O5. The van der Waals surface area contributed by atoms with Crippen LogP contribution in [0.25, 0.3) is 16.8 Å². The normalized spacial score (nSPS) is 18.0. The van der Waals surface area contributed by atoms with Gasteiger partial charge in [-0.05, 0) is 46.6 Å². The van der Waals surface area contributed by atoms with Gasteiger partial charge in [-0.3, -0.25) is 10.0 Å². The van der Waals surface area contributed by atoms with Crippen LogP contribution in [0.2, 0.25) is 0 Å². The van der Waals surface area contributed by atoms with Crippen molar-refractivity contribution >= 4 is 28.8 Å². The molecule has 2 atom stereocenters. The van der Waals surface area contributed by atoms with Crippen molar-refractivity contribution in [3.05, 3.63) is 83.4 Å². The number of amides is 2. The molecule has 4 rings (SSSR count). The molecule has 8 nitrogen and oxygen atoms in total. The average molecular weight is 518 g/mol. The summed E-state index contributed by atoms with van der Waals surface area (Å²) in [6.45, 7) is 7.53. The number of carboxylic acid groups (broad SMARTS) is 1. The summed E-state index contributed by atoms with van der Waals surface area (Å²) in [5.74, 6) is 0.216. The zero-order valence-corrected chi connectivity index (χ0v) is 22.0. The summed E-state index contributed by atoms with van der Waals surface area (Å²) < 4.78 is 6.29. The first-order chi connectivity index (χ1) is 18.2. The molecule has 0 spiro atoms. The molecule has 1 saturated heterocycles. The molecule has 4 N–H and O–H groups in total. The molecule has 2 amide bonds. The zero-order chi connectivity index (χ0) is 27.3. The van der Waals surface area contributed by atoms with Crippen LogP contribution in [-0.4, -0.2) is 59.0 Å². The van der Waals surface area contributed by atoms with E-state index >= 15 is 0 Å². The first-order valence-electron chi connectivity index (χ1n) is 12.7. The number of hydrogen-bond acceptors (Lipinski definition) is 5. The molecule has 1 heterocycles. The van der Waals surface area contributed by atoms with E-state index < -0.39 is 12.0 Å². The van der Waals surface area contributed by atoms with Gasteiger partial charge in [-0.1, -0.05) is 75.4 Å². The Hall–Kier alpha value is -3.88. The number of hydroxylamine groups is 1. The van der Waals surface area contributed by atoms with E-state index in [0.717, 1.165) is 34.1 Å². The Kier molecular flexibility index (Phi) is 8.34. The Morgan fingerprint density at radius 2 is 1.76 bits per heavy atom. The lowest BCUT2D eigenvalue weighted by molar-refractivity contribution is 0.0706. The van der Waals surface area contributed by atoms with Gasteiger partial charge in [-0.2, -0.15) is 0 Å². The minimum atomic E-state index is -0.892. The van der Waals surface area contributed by atoms with Crippen LogP contribution < -0.4 is 15.5 Å². The van der Waals surface area contributed by atoms with Crippen LogP contribution in [0.1, 0.15) is 43.1 Å². The molecule has 3 aromatic rings. The second kappa shape index (κ2) is 11.7. The zero-order valence-electron chi connectivity index (χ0n) is 22.0. The standard InChI is InChI=1S/C30H35N3O5/c1-30(2,3)27-25(15-16-33(27)29(35)36)31-18-21(17-20-11-13-23(14-12-20)28(34)32-37)19-38-26-10-6-8-22-7-4-5-9-24(22)26/h4-14,17,25,27,31,37H,15-16,18-19H2,1-3H3,(H,32,34)(H,35,36). The predicted molar refractivity (Wildman–Crippen MR) is 147 cm³/mol. The average Bonchev–Trinajstić information content (AvgIpc) is 3.35. The predicted octanol–water partition coefficient (Wildman–Crippen LogP) is 5.18. The van der Waals surface area contributed by atoms with Gasteiger partial charge in [-0.15, -0.1) is 0 Å². The van der Waals surface area contributed by atoms with Gasteiger partial charge in [0.2, 0.25) is 0 Å². The van der Waals surface area contributed by atoms with Crippen LogP contribution in [-0.2, 0) is 0 Å². The number of benzene rings is 3. The van der Waals surface area contributed by atoms with Crippen molar-refractivity contribution < 1.29 is 24.6 Å². The lowest BCUT2D eigenvalue weighted by Gasteiger charge is -2.37. The van der Waals surface area contributed by atoms with Gasteiger partial charge < -0.3 is 20.1 Å². The van der Waals surface area contributed by atoms with E-state index in [-0.39, 0.29) is 17.5 Å². The van der Waals surface area contributed by atoms with Gasteiger partial charge in [-0.25, -0.2) is 10.3 Å². The van der Waals surface area contributed by atoms with E-state index in [1.54, 1.807) is 22.5 Å². The van der Waals surface area contributed by atoms with Crippen molar-refractivity contribution in [3.8, 4) is 5.75 Å². The summed E-state index contributed by atoms with van der Waals surface area (Å²) in [4.78, 5) is 25.1. The highest BCUT2D eigenvalue weighted by Crippen LogP contribution is 2.33. The van der Waals surface area contributed by atoms with E-state index in [1.807, 2.05) is 60.7 Å². The van der Waals surface area contributed by atoms with Gasteiger partial charge in [0.25, 0.3) is 5.91 Å². The Morgan fingerprint density at radius 3 is 2.45 bits per heavy atom. The van der Waals surface area contributed by atoms with Gasteiger partial charge in [0.15, 0.2) is 0 Å². The Bertz CT molecular complexity index is 1310. The largest absolute Gasteiger partial charge is 0.489 e. The number of likely N-dealkylation sites (tertiary alicyclic amines) is 1. The third-order valence-electron chi connectivity index (χ3n) is 6.93. The molecule has 8 heteroatoms.